The number of carbonyl (C=O) groups excluding carboxylic acids is 2. The maximum Gasteiger partial charge on any atom is 0.270 e. The summed E-state index contributed by atoms with van der Waals surface area (Å²) in [6, 6.07) is 3.98. The molecule has 0 spiro atoms. The highest BCUT2D eigenvalue weighted by Crippen LogP contribution is 2.57. The molecule has 124 valence electrons. The van der Waals surface area contributed by atoms with Gasteiger partial charge in [0, 0.05) is 16.6 Å². The topological polar surface area (TPSA) is 89.8 Å². The third kappa shape index (κ3) is 1.75. The first-order valence-electron chi connectivity index (χ1n) is 7.40. The summed E-state index contributed by atoms with van der Waals surface area (Å²) in [5, 5.41) is 10.9. The number of carbonyl (C=O) groups is 2. The van der Waals surface area contributed by atoms with E-state index < -0.39 is 28.0 Å². The molecule has 0 radical (unpaired) electrons. The molecule has 3 aliphatic heterocycles. The van der Waals surface area contributed by atoms with Crippen LogP contribution in [-0.2, 0) is 14.3 Å². The molecule has 3 aliphatic rings. The summed E-state index contributed by atoms with van der Waals surface area (Å²) >= 11 is 3.24. The first-order chi connectivity index (χ1) is 11.2. The fourth-order valence-electron chi connectivity index (χ4n) is 4.06. The number of ether oxygens (including phenoxy) is 1. The van der Waals surface area contributed by atoms with E-state index in [1.165, 1.54) is 18.2 Å². The Morgan fingerprint density at radius 1 is 1.17 bits per heavy atom. The van der Waals surface area contributed by atoms with Gasteiger partial charge in [0.2, 0.25) is 11.8 Å². The number of fused-ring (bicyclic) bond motifs is 5. The SMILES string of the molecule is C[C@@]12C=C[C@](C)(O1)[C@H]1C(=O)N(c3ccc([N+](=O)[O-])cc3Br)C(=O)[C@@H]12. The number of hydrogen-bond donors (Lipinski definition) is 0. The number of amides is 2. The Labute approximate surface area is 145 Å². The molecular weight excluding hydrogens is 380 g/mol. The molecule has 7 nitrogen and oxygen atoms in total. The van der Waals surface area contributed by atoms with Crippen molar-refractivity contribution in [3.05, 3.63) is 44.9 Å². The number of benzene rings is 1. The quantitative estimate of drug-likeness (QED) is 0.334. The van der Waals surface area contributed by atoms with Crippen LogP contribution in [-0.4, -0.2) is 27.9 Å². The van der Waals surface area contributed by atoms with Crippen molar-refractivity contribution in [2.24, 2.45) is 11.8 Å². The molecule has 2 bridgehead atoms. The zero-order valence-electron chi connectivity index (χ0n) is 12.9. The van der Waals surface area contributed by atoms with E-state index in [1.54, 1.807) is 13.8 Å². The van der Waals surface area contributed by atoms with Crippen LogP contribution in [0.25, 0.3) is 0 Å². The molecule has 1 aromatic rings. The second-order valence-corrected chi connectivity index (χ2v) is 7.52. The van der Waals surface area contributed by atoms with Crippen LogP contribution in [0.4, 0.5) is 11.4 Å². The van der Waals surface area contributed by atoms with Crippen molar-refractivity contribution in [1.29, 1.82) is 0 Å². The third-order valence-electron chi connectivity index (χ3n) is 5.11. The molecule has 0 N–H and O–H groups in total. The Morgan fingerprint density at radius 3 is 2.17 bits per heavy atom. The lowest BCUT2D eigenvalue weighted by atomic mass is 9.73. The van der Waals surface area contributed by atoms with Gasteiger partial charge in [0.05, 0.1) is 33.6 Å². The molecule has 2 amide bonds. The minimum Gasteiger partial charge on any atom is -0.359 e. The monoisotopic (exact) mass is 392 g/mol. The summed E-state index contributed by atoms with van der Waals surface area (Å²) in [7, 11) is 0. The van der Waals surface area contributed by atoms with Crippen LogP contribution in [0.15, 0.2) is 34.8 Å². The number of anilines is 1. The van der Waals surface area contributed by atoms with Crippen LogP contribution < -0.4 is 4.90 Å². The van der Waals surface area contributed by atoms with E-state index >= 15 is 0 Å². The number of rotatable bonds is 2. The lowest BCUT2D eigenvalue weighted by Gasteiger charge is -2.25. The average Bonchev–Trinajstić information content (AvgIpc) is 3.04. The molecule has 8 heteroatoms. The summed E-state index contributed by atoms with van der Waals surface area (Å²) in [6.07, 6.45) is 3.68. The van der Waals surface area contributed by atoms with Crippen molar-refractivity contribution in [2.45, 2.75) is 25.0 Å². The molecule has 2 saturated heterocycles. The van der Waals surface area contributed by atoms with E-state index in [2.05, 4.69) is 15.9 Å². The fraction of sp³-hybridized carbons (Fsp3) is 0.375. The standard InChI is InChI=1S/C16H13BrN2O5/c1-15-5-6-16(2,24-15)12-11(15)13(20)18(14(12)21)10-4-3-8(19(22)23)7-9(10)17/h3-7,11-12H,1-2H3/t11-,12-,15+,16+/m1/s1. The predicted molar refractivity (Wildman–Crippen MR) is 87.3 cm³/mol. The Balaban J connectivity index is 1.79. The molecule has 0 aromatic heterocycles. The smallest absolute Gasteiger partial charge is 0.270 e. The molecular formula is C16H13BrN2O5. The van der Waals surface area contributed by atoms with Crippen LogP contribution in [0, 0.1) is 22.0 Å². The molecule has 0 aliphatic carbocycles. The van der Waals surface area contributed by atoms with Gasteiger partial charge >= 0.3 is 0 Å². The van der Waals surface area contributed by atoms with Crippen molar-refractivity contribution in [2.75, 3.05) is 4.90 Å². The van der Waals surface area contributed by atoms with Crippen LogP contribution in [0.5, 0.6) is 0 Å². The van der Waals surface area contributed by atoms with Gasteiger partial charge in [-0.25, -0.2) is 4.90 Å². The van der Waals surface area contributed by atoms with Crippen molar-refractivity contribution in [1.82, 2.24) is 0 Å². The van der Waals surface area contributed by atoms with Gasteiger partial charge < -0.3 is 4.74 Å². The molecule has 24 heavy (non-hydrogen) atoms. The Kier molecular flexibility index (Phi) is 2.91. The van der Waals surface area contributed by atoms with E-state index in [-0.39, 0.29) is 17.5 Å². The molecule has 0 unspecified atom stereocenters. The number of nitro benzene ring substituents is 1. The zero-order chi connectivity index (χ0) is 17.4. The molecule has 3 heterocycles. The minimum absolute atomic E-state index is 0.117. The van der Waals surface area contributed by atoms with Gasteiger partial charge in [-0.2, -0.15) is 0 Å². The van der Waals surface area contributed by atoms with Crippen molar-refractivity contribution in [3.8, 4) is 0 Å². The van der Waals surface area contributed by atoms with Gasteiger partial charge in [-0.3, -0.25) is 19.7 Å². The maximum absolute atomic E-state index is 12.9. The number of halogens is 1. The van der Waals surface area contributed by atoms with E-state index in [9.17, 15) is 19.7 Å². The van der Waals surface area contributed by atoms with Crippen LogP contribution in [0.2, 0.25) is 0 Å². The second-order valence-electron chi connectivity index (χ2n) is 6.66. The van der Waals surface area contributed by atoms with Crippen LogP contribution in [0.1, 0.15) is 13.8 Å². The highest BCUT2D eigenvalue weighted by atomic mass is 79.9. The van der Waals surface area contributed by atoms with E-state index in [1.807, 2.05) is 12.2 Å². The van der Waals surface area contributed by atoms with Gasteiger partial charge in [0.25, 0.3) is 5.69 Å². The maximum atomic E-state index is 12.9. The van der Waals surface area contributed by atoms with Gasteiger partial charge in [-0.1, -0.05) is 12.2 Å². The van der Waals surface area contributed by atoms with Crippen molar-refractivity contribution >= 4 is 39.1 Å². The summed E-state index contributed by atoms with van der Waals surface area (Å²) in [5.41, 5.74) is -1.40. The highest BCUT2D eigenvalue weighted by molar-refractivity contribution is 9.10. The Hall–Kier alpha value is -2.06. The largest absolute Gasteiger partial charge is 0.359 e. The van der Waals surface area contributed by atoms with Gasteiger partial charge in [0.1, 0.15) is 0 Å². The normalized spacial score (nSPS) is 36.5. The van der Waals surface area contributed by atoms with E-state index in [0.29, 0.717) is 10.2 Å². The number of nitro groups is 1. The number of non-ortho nitro benzene ring substituents is 1. The summed E-state index contributed by atoms with van der Waals surface area (Å²) in [5.74, 6) is -1.84. The minimum atomic E-state index is -0.797. The van der Waals surface area contributed by atoms with Gasteiger partial charge in [-0.05, 0) is 35.8 Å². The van der Waals surface area contributed by atoms with E-state index in [4.69, 9.17) is 4.74 Å². The molecule has 0 saturated carbocycles. The van der Waals surface area contributed by atoms with Crippen LogP contribution in [0.3, 0.4) is 0 Å². The Morgan fingerprint density at radius 2 is 1.71 bits per heavy atom. The Bertz CT molecular complexity index is 817. The van der Waals surface area contributed by atoms with Gasteiger partial charge in [0.15, 0.2) is 0 Å². The first-order valence-corrected chi connectivity index (χ1v) is 8.19. The van der Waals surface area contributed by atoms with E-state index in [0.717, 1.165) is 4.90 Å². The van der Waals surface area contributed by atoms with Crippen LogP contribution >= 0.6 is 15.9 Å². The third-order valence-corrected chi connectivity index (χ3v) is 5.74. The van der Waals surface area contributed by atoms with Gasteiger partial charge in [-0.15, -0.1) is 0 Å². The van der Waals surface area contributed by atoms with Crippen molar-refractivity contribution in [3.63, 3.8) is 0 Å². The fourth-order valence-corrected chi connectivity index (χ4v) is 4.60. The first kappa shape index (κ1) is 15.5. The summed E-state index contributed by atoms with van der Waals surface area (Å²) in [4.78, 5) is 37.3. The average molecular weight is 393 g/mol. The number of hydrogen-bond acceptors (Lipinski definition) is 5. The summed E-state index contributed by atoms with van der Waals surface area (Å²) in [6.45, 7) is 3.61. The lowest BCUT2D eigenvalue weighted by molar-refractivity contribution is -0.384. The molecule has 2 fully saturated rings. The molecule has 1 aromatic carbocycles. The predicted octanol–water partition coefficient (Wildman–Crippen LogP) is 2.58. The lowest BCUT2D eigenvalue weighted by Crippen LogP contribution is -2.39. The molecule has 4 atom stereocenters. The van der Waals surface area contributed by atoms with Crippen molar-refractivity contribution < 1.29 is 19.2 Å². The second kappa shape index (κ2) is 4.52. The number of imide groups is 1. The molecule has 4 rings (SSSR count). The highest BCUT2D eigenvalue weighted by Gasteiger charge is 2.70. The zero-order valence-corrected chi connectivity index (χ0v) is 14.4. The number of nitrogens with zero attached hydrogens (tertiary/aromatic N) is 2. The summed E-state index contributed by atoms with van der Waals surface area (Å²) < 4.78 is 6.27.